The summed E-state index contributed by atoms with van der Waals surface area (Å²) in [5, 5.41) is 8.19. The molecule has 0 aliphatic rings. The van der Waals surface area contributed by atoms with Crippen LogP contribution in [0.15, 0.2) is 0 Å². The van der Waals surface area contributed by atoms with Crippen LogP contribution in [0.4, 0.5) is 0 Å². The largest absolute Gasteiger partial charge is 0.477 e. The molecule has 66 valence electrons. The molecule has 0 fully saturated rings. The lowest BCUT2D eigenvalue weighted by atomic mass is 10.3. The van der Waals surface area contributed by atoms with Crippen molar-refractivity contribution in [1.29, 1.82) is 0 Å². The van der Waals surface area contributed by atoms with Gasteiger partial charge in [0.05, 0.1) is 0 Å². The van der Waals surface area contributed by atoms with Gasteiger partial charge in [-0.3, -0.25) is 0 Å². The average molecular weight is 221 g/mol. The van der Waals surface area contributed by atoms with Gasteiger partial charge < -0.3 is 5.11 Å². The SMILES string of the molecule is Cl.O=C(O)C(CCCl)=S(=O)=O. The second kappa shape index (κ2) is 6.45. The van der Waals surface area contributed by atoms with E-state index in [4.69, 9.17) is 16.7 Å². The van der Waals surface area contributed by atoms with Gasteiger partial charge in [0.1, 0.15) is 0 Å². The van der Waals surface area contributed by atoms with Crippen LogP contribution in [0, 0.1) is 0 Å². The quantitative estimate of drug-likeness (QED) is 0.544. The molecule has 4 nitrogen and oxygen atoms in total. The first kappa shape index (κ1) is 13.3. The van der Waals surface area contributed by atoms with Crippen molar-refractivity contribution in [2.24, 2.45) is 0 Å². The Morgan fingerprint density at radius 2 is 1.91 bits per heavy atom. The van der Waals surface area contributed by atoms with Crippen molar-refractivity contribution >= 4 is 45.1 Å². The molecule has 0 rings (SSSR count). The number of hydrogen-bond acceptors (Lipinski definition) is 3. The van der Waals surface area contributed by atoms with E-state index in [-0.39, 0.29) is 24.7 Å². The van der Waals surface area contributed by atoms with E-state index in [0.717, 1.165) is 0 Å². The van der Waals surface area contributed by atoms with Crippen LogP contribution in [0.25, 0.3) is 0 Å². The first-order valence-electron chi connectivity index (χ1n) is 2.34. The van der Waals surface area contributed by atoms with Gasteiger partial charge in [-0.15, -0.1) is 24.0 Å². The molecule has 0 aromatic rings. The van der Waals surface area contributed by atoms with Crippen molar-refractivity contribution in [1.82, 2.24) is 0 Å². The van der Waals surface area contributed by atoms with Crippen LogP contribution in [-0.2, 0) is 15.1 Å². The summed E-state index contributed by atoms with van der Waals surface area (Å²) < 4.78 is 20.1. The van der Waals surface area contributed by atoms with Gasteiger partial charge >= 0.3 is 5.97 Å². The predicted molar refractivity (Wildman–Crippen MR) is 44.1 cm³/mol. The molecule has 0 unspecified atom stereocenters. The van der Waals surface area contributed by atoms with Crippen molar-refractivity contribution < 1.29 is 18.3 Å². The summed E-state index contributed by atoms with van der Waals surface area (Å²) in [7, 11) is -2.65. The zero-order valence-corrected chi connectivity index (χ0v) is 7.67. The molecule has 0 aliphatic carbocycles. The fourth-order valence-corrected chi connectivity index (χ4v) is 1.06. The Balaban J connectivity index is 0. The second-order valence-electron chi connectivity index (χ2n) is 1.40. The molecule has 0 aliphatic heterocycles. The Labute approximate surface area is 76.1 Å². The summed E-state index contributed by atoms with van der Waals surface area (Å²) >= 11 is 5.13. The van der Waals surface area contributed by atoms with Gasteiger partial charge in [-0.2, -0.15) is 8.42 Å². The number of rotatable bonds is 3. The van der Waals surface area contributed by atoms with Crippen LogP contribution in [-0.4, -0.2) is 30.2 Å². The molecule has 0 aromatic heterocycles. The minimum Gasteiger partial charge on any atom is -0.477 e. The predicted octanol–water partition coefficient (Wildman–Crippen LogP) is 0.173. The number of carboxylic acid groups (broad SMARTS) is 1. The smallest absolute Gasteiger partial charge is 0.347 e. The highest BCUT2D eigenvalue weighted by molar-refractivity contribution is 7.74. The van der Waals surface area contributed by atoms with Gasteiger partial charge in [0.15, 0.2) is 4.86 Å². The van der Waals surface area contributed by atoms with Crippen molar-refractivity contribution in [2.75, 3.05) is 5.88 Å². The van der Waals surface area contributed by atoms with Crippen molar-refractivity contribution in [3.63, 3.8) is 0 Å². The van der Waals surface area contributed by atoms with Gasteiger partial charge in [0.2, 0.25) is 10.3 Å². The van der Waals surface area contributed by atoms with E-state index in [9.17, 15) is 13.2 Å². The summed E-state index contributed by atoms with van der Waals surface area (Å²) in [6.45, 7) is 0. The number of alkyl halides is 1. The molecule has 0 saturated carbocycles. The molecule has 7 heteroatoms. The van der Waals surface area contributed by atoms with Crippen LogP contribution in [0.2, 0.25) is 0 Å². The van der Waals surface area contributed by atoms with Crippen LogP contribution < -0.4 is 0 Å². The van der Waals surface area contributed by atoms with Crippen LogP contribution in [0.5, 0.6) is 0 Å². The van der Waals surface area contributed by atoms with E-state index in [0.29, 0.717) is 0 Å². The Bertz CT molecular complexity index is 247. The Morgan fingerprint density at radius 1 is 1.45 bits per heavy atom. The lowest BCUT2D eigenvalue weighted by Gasteiger charge is -1.88. The van der Waals surface area contributed by atoms with E-state index in [1.165, 1.54) is 0 Å². The zero-order chi connectivity index (χ0) is 8.15. The molecule has 0 bridgehead atoms. The van der Waals surface area contributed by atoms with Crippen LogP contribution in [0.1, 0.15) is 6.42 Å². The number of aliphatic carboxylic acids is 1. The molecule has 1 N–H and O–H groups in total. The van der Waals surface area contributed by atoms with Crippen molar-refractivity contribution in [3.05, 3.63) is 0 Å². The summed E-state index contributed by atoms with van der Waals surface area (Å²) in [5.74, 6) is -1.44. The lowest BCUT2D eigenvalue weighted by Crippen LogP contribution is -2.14. The molecule has 0 radical (unpaired) electrons. The average Bonchev–Trinajstić information content (AvgIpc) is 1.81. The summed E-state index contributed by atoms with van der Waals surface area (Å²) in [4.78, 5) is 9.47. The first-order chi connectivity index (χ1) is 4.59. The van der Waals surface area contributed by atoms with Crippen molar-refractivity contribution in [3.8, 4) is 0 Å². The van der Waals surface area contributed by atoms with E-state index in [1.54, 1.807) is 0 Å². The number of carboxylic acids is 1. The van der Waals surface area contributed by atoms with E-state index in [1.807, 2.05) is 0 Å². The minimum absolute atomic E-state index is 0. The van der Waals surface area contributed by atoms with Crippen LogP contribution in [0.3, 0.4) is 0 Å². The van der Waals surface area contributed by atoms with Gasteiger partial charge in [0, 0.05) is 12.3 Å². The highest BCUT2D eigenvalue weighted by Gasteiger charge is 2.09. The maximum Gasteiger partial charge on any atom is 0.347 e. The highest BCUT2D eigenvalue weighted by Crippen LogP contribution is 1.87. The summed E-state index contributed by atoms with van der Waals surface area (Å²) in [5.41, 5.74) is 0. The van der Waals surface area contributed by atoms with Gasteiger partial charge in [-0.25, -0.2) is 4.79 Å². The Kier molecular flexibility index (Phi) is 7.82. The minimum atomic E-state index is -2.65. The molecule has 0 spiro atoms. The van der Waals surface area contributed by atoms with Crippen LogP contribution >= 0.6 is 24.0 Å². The third kappa shape index (κ3) is 5.06. The number of hydrogen-bond donors (Lipinski definition) is 1. The van der Waals surface area contributed by atoms with E-state index >= 15 is 0 Å². The Morgan fingerprint density at radius 3 is 2.00 bits per heavy atom. The van der Waals surface area contributed by atoms with Gasteiger partial charge in [-0.05, 0) is 0 Å². The third-order valence-electron chi connectivity index (χ3n) is 0.761. The second-order valence-corrected chi connectivity index (χ2v) is 2.74. The molecule has 0 saturated heterocycles. The van der Waals surface area contributed by atoms with E-state index < -0.39 is 21.1 Å². The summed E-state index contributed by atoms with van der Waals surface area (Å²) in [6, 6.07) is 0. The molecule has 0 atom stereocenters. The molecule has 0 heterocycles. The standard InChI is InChI=1S/C4H5ClO4S.ClH/c5-2-1-3(4(6)7)10(8)9;/h1-2H2,(H,6,7);1H. The molecule has 11 heavy (non-hydrogen) atoms. The fourth-order valence-electron chi connectivity index (χ4n) is 0.347. The van der Waals surface area contributed by atoms with Gasteiger partial charge in [0.25, 0.3) is 0 Å². The summed E-state index contributed by atoms with van der Waals surface area (Å²) in [6.07, 6.45) is -0.132. The topological polar surface area (TPSA) is 71.4 Å². The Hall–Kier alpha value is -0.260. The highest BCUT2D eigenvalue weighted by atomic mass is 35.5. The molecular formula is C4H6Cl2O4S. The number of carbonyl (C=O) groups is 1. The normalized spacial score (nSPS) is 8.09. The van der Waals surface area contributed by atoms with E-state index in [2.05, 4.69) is 0 Å². The lowest BCUT2D eigenvalue weighted by molar-refractivity contribution is -0.129. The zero-order valence-electron chi connectivity index (χ0n) is 5.28. The molecule has 0 aromatic carbocycles. The van der Waals surface area contributed by atoms with Crippen molar-refractivity contribution in [2.45, 2.75) is 6.42 Å². The maximum absolute atomic E-state index is 10.1. The first-order valence-corrected chi connectivity index (χ1v) is 3.95. The van der Waals surface area contributed by atoms with Gasteiger partial charge in [-0.1, -0.05) is 0 Å². The maximum atomic E-state index is 10.1. The third-order valence-corrected chi connectivity index (χ3v) is 1.73. The number of halogens is 2. The monoisotopic (exact) mass is 220 g/mol. The molecule has 0 amide bonds. The fraction of sp³-hybridized carbons (Fsp3) is 0.500. The molecular weight excluding hydrogens is 215 g/mol.